The highest BCUT2D eigenvalue weighted by Gasteiger charge is 2.15. The first-order valence-electron chi connectivity index (χ1n) is 7.42. The van der Waals surface area contributed by atoms with Gasteiger partial charge in [-0.2, -0.15) is 5.10 Å². The molecule has 0 spiro atoms. The van der Waals surface area contributed by atoms with Crippen molar-refractivity contribution in [2.24, 2.45) is 7.05 Å². The maximum Gasteiger partial charge on any atom is 0.331 e. The van der Waals surface area contributed by atoms with E-state index in [4.69, 9.17) is 0 Å². The van der Waals surface area contributed by atoms with Gasteiger partial charge in [0.2, 0.25) is 0 Å². The zero-order chi connectivity index (χ0) is 15.9. The normalized spacial score (nSPS) is 11.4. The molecule has 0 radical (unpaired) electrons. The van der Waals surface area contributed by atoms with Gasteiger partial charge >= 0.3 is 5.69 Å². The summed E-state index contributed by atoms with van der Waals surface area (Å²) >= 11 is 0. The lowest BCUT2D eigenvalue weighted by Gasteiger charge is -2.09. The first-order chi connectivity index (χ1) is 10.6. The lowest BCUT2D eigenvalue weighted by atomic mass is 10.2. The quantitative estimate of drug-likeness (QED) is 0.789. The van der Waals surface area contributed by atoms with Crippen LogP contribution in [-0.2, 0) is 20.1 Å². The Morgan fingerprint density at radius 3 is 2.59 bits per heavy atom. The Morgan fingerprint density at radius 2 is 2.00 bits per heavy atom. The van der Waals surface area contributed by atoms with Gasteiger partial charge in [0.1, 0.15) is 5.52 Å². The first kappa shape index (κ1) is 14.4. The van der Waals surface area contributed by atoms with Crippen LogP contribution in [0.15, 0.2) is 28.0 Å². The van der Waals surface area contributed by atoms with Gasteiger partial charge in [-0.3, -0.25) is 18.6 Å². The fourth-order valence-electron chi connectivity index (χ4n) is 2.73. The highest BCUT2D eigenvalue weighted by Crippen LogP contribution is 2.21. The molecular weight excluding hydrogens is 282 g/mol. The summed E-state index contributed by atoms with van der Waals surface area (Å²) in [6.07, 6.45) is 4.33. The predicted molar refractivity (Wildman–Crippen MR) is 85.0 cm³/mol. The summed E-state index contributed by atoms with van der Waals surface area (Å²) in [5.41, 5.74) is 2.27. The van der Waals surface area contributed by atoms with Crippen molar-refractivity contribution in [2.45, 2.75) is 33.4 Å². The van der Waals surface area contributed by atoms with Gasteiger partial charge in [0.15, 0.2) is 0 Å². The zero-order valence-electron chi connectivity index (χ0n) is 13.0. The van der Waals surface area contributed by atoms with E-state index in [2.05, 4.69) is 10.1 Å². The van der Waals surface area contributed by atoms with Crippen LogP contribution in [0.2, 0.25) is 0 Å². The Morgan fingerprint density at radius 1 is 1.23 bits per heavy atom. The third kappa shape index (κ3) is 2.09. The summed E-state index contributed by atoms with van der Waals surface area (Å²) in [6.45, 7) is 4.79. The van der Waals surface area contributed by atoms with E-state index in [1.807, 2.05) is 33.2 Å². The van der Waals surface area contributed by atoms with Crippen LogP contribution in [0.25, 0.3) is 22.3 Å². The molecule has 0 aliphatic carbocycles. The Kier molecular flexibility index (Phi) is 3.48. The van der Waals surface area contributed by atoms with E-state index in [0.717, 1.165) is 17.7 Å². The Bertz CT molecular complexity index is 941. The number of hydrogen-bond donors (Lipinski definition) is 1. The van der Waals surface area contributed by atoms with Crippen molar-refractivity contribution in [1.29, 1.82) is 0 Å². The molecule has 3 rings (SSSR count). The molecule has 0 unspecified atom stereocenters. The number of H-pyrrole nitrogens is 1. The van der Waals surface area contributed by atoms with E-state index in [0.29, 0.717) is 24.1 Å². The molecule has 1 N–H and O–H groups in total. The molecule has 0 fully saturated rings. The number of rotatable bonds is 4. The molecule has 0 amide bonds. The van der Waals surface area contributed by atoms with Crippen LogP contribution in [-0.4, -0.2) is 23.9 Å². The van der Waals surface area contributed by atoms with Crippen LogP contribution in [0.1, 0.15) is 20.3 Å². The maximum atomic E-state index is 12.6. The van der Waals surface area contributed by atoms with E-state index in [1.165, 1.54) is 4.57 Å². The van der Waals surface area contributed by atoms with Gasteiger partial charge in [-0.15, -0.1) is 0 Å². The van der Waals surface area contributed by atoms with Crippen LogP contribution in [0, 0.1) is 0 Å². The average Bonchev–Trinajstić information content (AvgIpc) is 3.10. The summed E-state index contributed by atoms with van der Waals surface area (Å²) in [4.78, 5) is 28.2. The van der Waals surface area contributed by atoms with Crippen molar-refractivity contribution in [1.82, 2.24) is 23.9 Å². The minimum atomic E-state index is -0.262. The second-order valence-corrected chi connectivity index (χ2v) is 5.33. The van der Waals surface area contributed by atoms with Gasteiger partial charge < -0.3 is 4.98 Å². The lowest BCUT2D eigenvalue weighted by Crippen LogP contribution is -2.39. The number of aromatic amines is 1. The topological polar surface area (TPSA) is 77.6 Å². The molecule has 0 aliphatic heterocycles. The van der Waals surface area contributed by atoms with Crippen LogP contribution < -0.4 is 11.2 Å². The van der Waals surface area contributed by atoms with Crippen LogP contribution >= 0.6 is 0 Å². The molecule has 7 nitrogen and oxygen atoms in total. The molecule has 0 atom stereocenters. The second-order valence-electron chi connectivity index (χ2n) is 5.33. The van der Waals surface area contributed by atoms with Gasteiger partial charge in [-0.25, -0.2) is 4.79 Å². The highest BCUT2D eigenvalue weighted by atomic mass is 16.2. The van der Waals surface area contributed by atoms with Crippen LogP contribution in [0.4, 0.5) is 0 Å². The summed E-state index contributed by atoms with van der Waals surface area (Å²) in [5, 5.41) is 4.14. The van der Waals surface area contributed by atoms with E-state index in [1.54, 1.807) is 15.4 Å². The van der Waals surface area contributed by atoms with E-state index >= 15 is 0 Å². The van der Waals surface area contributed by atoms with Crippen LogP contribution in [0.3, 0.4) is 0 Å². The molecule has 0 aromatic carbocycles. The van der Waals surface area contributed by atoms with Gasteiger partial charge in [0.25, 0.3) is 5.56 Å². The van der Waals surface area contributed by atoms with Crippen molar-refractivity contribution < 1.29 is 0 Å². The van der Waals surface area contributed by atoms with E-state index in [9.17, 15) is 9.59 Å². The SMILES string of the molecule is CCCn1c(=O)c2[nH]c(-c3cnn(C)c3)cc2n(CC)c1=O. The summed E-state index contributed by atoms with van der Waals surface area (Å²) in [5.74, 6) is 0. The highest BCUT2D eigenvalue weighted by molar-refractivity contribution is 5.82. The molecule has 0 bridgehead atoms. The second kappa shape index (κ2) is 5.32. The number of aromatic nitrogens is 5. The number of aryl methyl sites for hydroxylation is 2. The predicted octanol–water partition coefficient (Wildman–Crippen LogP) is 1.32. The summed E-state index contributed by atoms with van der Waals surface area (Å²) in [7, 11) is 1.84. The Balaban J connectivity index is 2.33. The number of nitrogens with zero attached hydrogens (tertiary/aromatic N) is 4. The molecule has 0 saturated carbocycles. The molecular formula is C15H19N5O2. The van der Waals surface area contributed by atoms with Crippen molar-refractivity contribution in [3.8, 4) is 11.3 Å². The molecule has 3 heterocycles. The van der Waals surface area contributed by atoms with Crippen molar-refractivity contribution in [2.75, 3.05) is 0 Å². The fourth-order valence-corrected chi connectivity index (χ4v) is 2.73. The Labute approximate surface area is 126 Å². The monoisotopic (exact) mass is 301 g/mol. The molecule has 0 aliphatic rings. The molecule has 0 saturated heterocycles. The van der Waals surface area contributed by atoms with Crippen molar-refractivity contribution in [3.63, 3.8) is 0 Å². The van der Waals surface area contributed by atoms with Gasteiger partial charge in [0, 0.05) is 31.9 Å². The molecule has 22 heavy (non-hydrogen) atoms. The van der Waals surface area contributed by atoms with Gasteiger partial charge in [0.05, 0.1) is 17.4 Å². The molecule has 3 aromatic heterocycles. The molecule has 3 aromatic rings. The fraction of sp³-hybridized carbons (Fsp3) is 0.400. The first-order valence-corrected chi connectivity index (χ1v) is 7.42. The largest absolute Gasteiger partial charge is 0.349 e. The summed E-state index contributed by atoms with van der Waals surface area (Å²) in [6, 6.07) is 1.84. The zero-order valence-corrected chi connectivity index (χ0v) is 13.0. The third-order valence-electron chi connectivity index (χ3n) is 3.79. The van der Waals surface area contributed by atoms with E-state index < -0.39 is 0 Å². The Hall–Kier alpha value is -2.57. The van der Waals surface area contributed by atoms with Crippen LogP contribution in [0.5, 0.6) is 0 Å². The standard InChI is InChI=1S/C15H19N5O2/c1-4-6-20-14(21)13-12(19(5-2)15(20)22)7-11(17-13)10-8-16-18(3)9-10/h7-9,17H,4-6H2,1-3H3. The van der Waals surface area contributed by atoms with Crippen molar-refractivity contribution in [3.05, 3.63) is 39.3 Å². The minimum Gasteiger partial charge on any atom is -0.349 e. The molecule has 7 heteroatoms. The van der Waals surface area contributed by atoms with Gasteiger partial charge in [-0.1, -0.05) is 6.92 Å². The van der Waals surface area contributed by atoms with Gasteiger partial charge in [-0.05, 0) is 19.4 Å². The average molecular weight is 301 g/mol. The molecule has 116 valence electrons. The minimum absolute atomic E-state index is 0.251. The number of fused-ring (bicyclic) bond motifs is 1. The lowest BCUT2D eigenvalue weighted by molar-refractivity contribution is 0.574. The number of hydrogen-bond acceptors (Lipinski definition) is 3. The smallest absolute Gasteiger partial charge is 0.331 e. The summed E-state index contributed by atoms with van der Waals surface area (Å²) < 4.78 is 4.63. The number of nitrogens with one attached hydrogen (secondary N) is 1. The maximum absolute atomic E-state index is 12.6. The third-order valence-corrected chi connectivity index (χ3v) is 3.79. The van der Waals surface area contributed by atoms with E-state index in [-0.39, 0.29) is 11.2 Å². The van der Waals surface area contributed by atoms with Crippen molar-refractivity contribution >= 4 is 11.0 Å².